The molecule has 1 saturated heterocycles. The van der Waals surface area contributed by atoms with Crippen LogP contribution in [0.3, 0.4) is 0 Å². The summed E-state index contributed by atoms with van der Waals surface area (Å²) in [4.78, 5) is 24.0. The number of rotatable bonds is 6. The number of nitrogens with zero attached hydrogens (tertiary/aromatic N) is 3. The lowest BCUT2D eigenvalue weighted by molar-refractivity contribution is -0.153. The van der Waals surface area contributed by atoms with Crippen LogP contribution in [0.2, 0.25) is 0 Å². The summed E-state index contributed by atoms with van der Waals surface area (Å²) in [5.41, 5.74) is 1.90. The maximum Gasteiger partial charge on any atom is 0.202 e. The van der Waals surface area contributed by atoms with E-state index in [2.05, 4.69) is 5.16 Å². The highest BCUT2D eigenvalue weighted by Crippen LogP contribution is 2.37. The monoisotopic (exact) mass is 511 g/mol. The number of halogens is 2. The molecule has 2 aliphatic rings. The molecule has 0 radical (unpaired) electrons. The van der Waals surface area contributed by atoms with E-state index in [0.717, 1.165) is 29.0 Å². The maximum absolute atomic E-state index is 14.1. The summed E-state index contributed by atoms with van der Waals surface area (Å²) in [5, 5.41) is 18.2. The predicted molar refractivity (Wildman–Crippen MR) is 133 cm³/mol. The first-order chi connectivity index (χ1) is 17.3. The number of carbonyl (C=O) groups excluding carboxylic acids is 1. The Morgan fingerprint density at radius 3 is 2.58 bits per heavy atom. The van der Waals surface area contributed by atoms with Crippen LogP contribution in [-0.4, -0.2) is 40.1 Å². The van der Waals surface area contributed by atoms with Gasteiger partial charge in [-0.3, -0.25) is 9.69 Å². The molecule has 0 spiro atoms. The van der Waals surface area contributed by atoms with Crippen molar-refractivity contribution in [3.8, 4) is 0 Å². The lowest BCUT2D eigenvalue weighted by Crippen LogP contribution is -2.51. The Morgan fingerprint density at radius 1 is 1.17 bits per heavy atom. The summed E-state index contributed by atoms with van der Waals surface area (Å²) >= 11 is 1.52. The van der Waals surface area contributed by atoms with Crippen molar-refractivity contribution in [3.05, 3.63) is 86.4 Å². The van der Waals surface area contributed by atoms with E-state index < -0.39 is 23.5 Å². The zero-order chi connectivity index (χ0) is 25.4. The van der Waals surface area contributed by atoms with Crippen LogP contribution < -0.4 is 0 Å². The predicted octanol–water partition coefficient (Wildman–Crippen LogP) is 5.13. The topological polar surface area (TPSA) is 75.0 Å². The summed E-state index contributed by atoms with van der Waals surface area (Å²) in [5.74, 6) is -1.13. The van der Waals surface area contributed by atoms with Gasteiger partial charge in [0.2, 0.25) is 5.72 Å². The highest BCUT2D eigenvalue weighted by atomic mass is 32.1. The Balaban J connectivity index is 1.25. The molecule has 0 saturated carbocycles. The van der Waals surface area contributed by atoms with Crippen molar-refractivity contribution in [1.29, 1.82) is 0 Å². The number of hydrogen-bond donors (Lipinski definition) is 1. The van der Waals surface area contributed by atoms with E-state index >= 15 is 0 Å². The minimum absolute atomic E-state index is 0.120. The van der Waals surface area contributed by atoms with E-state index in [1.54, 1.807) is 0 Å². The molecule has 0 aliphatic carbocycles. The lowest BCUT2D eigenvalue weighted by Gasteiger charge is -2.41. The molecule has 9 heteroatoms. The summed E-state index contributed by atoms with van der Waals surface area (Å²) in [6, 6.07) is 9.49. The number of benzene rings is 2. The zero-order valence-electron chi connectivity index (χ0n) is 20.1. The molecule has 2 atom stereocenters. The Bertz CT molecular complexity index is 1300. The van der Waals surface area contributed by atoms with Crippen molar-refractivity contribution < 1.29 is 23.5 Å². The molecule has 0 amide bonds. The lowest BCUT2D eigenvalue weighted by atomic mass is 9.91. The van der Waals surface area contributed by atoms with Crippen molar-refractivity contribution in [1.82, 2.24) is 9.88 Å². The van der Waals surface area contributed by atoms with Gasteiger partial charge in [0.05, 0.1) is 16.3 Å². The Morgan fingerprint density at radius 2 is 1.89 bits per heavy atom. The van der Waals surface area contributed by atoms with Gasteiger partial charge in [0.25, 0.3) is 0 Å². The second-order valence-corrected chi connectivity index (χ2v) is 10.4. The Kier molecular flexibility index (Phi) is 6.72. The largest absolute Gasteiger partial charge is 0.387 e. The second-order valence-electron chi connectivity index (χ2n) is 9.47. The van der Waals surface area contributed by atoms with Crippen LogP contribution in [0.1, 0.15) is 64.2 Å². The molecular weight excluding hydrogens is 484 g/mol. The van der Waals surface area contributed by atoms with Gasteiger partial charge in [0, 0.05) is 36.4 Å². The first-order valence-corrected chi connectivity index (χ1v) is 12.8. The highest BCUT2D eigenvalue weighted by Gasteiger charge is 2.40. The number of aryl methyl sites for hydroxylation is 2. The van der Waals surface area contributed by atoms with Gasteiger partial charge in [0.1, 0.15) is 17.3 Å². The number of aromatic nitrogens is 1. The van der Waals surface area contributed by atoms with Crippen LogP contribution in [0.25, 0.3) is 0 Å². The van der Waals surface area contributed by atoms with Crippen LogP contribution in [0.15, 0.2) is 46.9 Å². The quantitative estimate of drug-likeness (QED) is 0.465. The molecule has 188 valence electrons. The van der Waals surface area contributed by atoms with Crippen molar-refractivity contribution >= 4 is 23.3 Å². The number of hydrogen-bond acceptors (Lipinski definition) is 7. The summed E-state index contributed by atoms with van der Waals surface area (Å²) in [6.45, 7) is 4.92. The summed E-state index contributed by atoms with van der Waals surface area (Å²) < 4.78 is 28.3. The number of aldehydes is 1. The fourth-order valence-electron chi connectivity index (χ4n) is 5.02. The number of piperidine rings is 1. The molecule has 1 N–H and O–H groups in total. The molecule has 1 fully saturated rings. The van der Waals surface area contributed by atoms with E-state index in [0.29, 0.717) is 36.3 Å². The normalized spacial score (nSPS) is 20.6. The van der Waals surface area contributed by atoms with E-state index in [-0.39, 0.29) is 17.9 Å². The number of oxime groups is 1. The number of thiazole rings is 1. The number of carbonyl (C=O) groups is 1. The van der Waals surface area contributed by atoms with Crippen LogP contribution in [0.4, 0.5) is 8.78 Å². The number of likely N-dealkylation sites (tertiary alicyclic amines) is 1. The van der Waals surface area contributed by atoms with Gasteiger partial charge >= 0.3 is 0 Å². The Labute approximate surface area is 212 Å². The molecule has 2 aromatic carbocycles. The van der Waals surface area contributed by atoms with Gasteiger partial charge in [-0.2, -0.15) is 0 Å². The molecule has 2 aliphatic heterocycles. The van der Waals surface area contributed by atoms with Crippen LogP contribution in [0.5, 0.6) is 0 Å². The zero-order valence-corrected chi connectivity index (χ0v) is 20.9. The molecule has 36 heavy (non-hydrogen) atoms. The first-order valence-electron chi connectivity index (χ1n) is 11.9. The minimum Gasteiger partial charge on any atom is -0.387 e. The van der Waals surface area contributed by atoms with E-state index in [1.165, 1.54) is 29.5 Å². The highest BCUT2D eigenvalue weighted by molar-refractivity contribution is 7.10. The minimum atomic E-state index is -1.66. The van der Waals surface area contributed by atoms with Gasteiger partial charge in [-0.25, -0.2) is 13.8 Å². The molecular formula is C27H27F2N3O3S. The van der Waals surface area contributed by atoms with Gasteiger partial charge in [-0.05, 0) is 44.4 Å². The molecule has 3 aromatic rings. The fourth-order valence-corrected chi connectivity index (χ4v) is 6.02. The average molecular weight is 512 g/mol. The van der Waals surface area contributed by atoms with Crippen molar-refractivity contribution in [2.75, 3.05) is 13.1 Å². The third-order valence-electron chi connectivity index (χ3n) is 7.09. The fraction of sp³-hybridized carbons (Fsp3) is 0.370. The van der Waals surface area contributed by atoms with E-state index in [1.807, 2.05) is 42.3 Å². The van der Waals surface area contributed by atoms with Crippen LogP contribution in [-0.2, 0) is 15.4 Å². The van der Waals surface area contributed by atoms with Gasteiger partial charge in [-0.1, -0.05) is 35.0 Å². The van der Waals surface area contributed by atoms with Crippen molar-refractivity contribution in [3.63, 3.8) is 0 Å². The van der Waals surface area contributed by atoms with Crippen LogP contribution >= 0.6 is 11.3 Å². The Hall–Kier alpha value is -3.01. The second kappa shape index (κ2) is 9.80. The molecule has 6 nitrogen and oxygen atoms in total. The number of aliphatic hydroxyl groups is 1. The average Bonchev–Trinajstić information content (AvgIpc) is 3.55. The van der Waals surface area contributed by atoms with Crippen LogP contribution in [0, 0.1) is 25.5 Å². The molecule has 2 unspecified atom stereocenters. The molecule has 3 heterocycles. The first kappa shape index (κ1) is 24.7. The molecule has 1 aromatic heterocycles. The van der Waals surface area contributed by atoms with Crippen molar-refractivity contribution in [2.45, 2.75) is 50.9 Å². The maximum atomic E-state index is 14.1. The standard InChI is InChI=1S/C27H27F2N3O3S/c1-16-6-7-17(2)19(12-16)27(34,15-33)32-10-8-18(9-11-32)26-30-23(14-36-26)22-13-24(35-31-22)25-20(28)4-3-5-21(25)29/h3-7,12,14-15,18,24,34H,8-11,13H2,1-2H3. The van der Waals surface area contributed by atoms with Gasteiger partial charge in [0.15, 0.2) is 12.4 Å². The van der Waals surface area contributed by atoms with Crippen molar-refractivity contribution in [2.24, 2.45) is 5.16 Å². The third kappa shape index (κ3) is 4.47. The SMILES string of the molecule is Cc1ccc(C)c(C(O)(C=O)N2CCC(c3nc(C4=NOC(c5c(F)cccc5F)C4)cs3)CC2)c1. The van der Waals surface area contributed by atoms with Gasteiger partial charge in [-0.15, -0.1) is 11.3 Å². The molecule has 5 rings (SSSR count). The smallest absolute Gasteiger partial charge is 0.202 e. The van der Waals surface area contributed by atoms with E-state index in [4.69, 9.17) is 9.82 Å². The molecule has 0 bridgehead atoms. The van der Waals surface area contributed by atoms with E-state index in [9.17, 15) is 18.7 Å². The summed E-state index contributed by atoms with van der Waals surface area (Å²) in [6.07, 6.45) is 1.52. The third-order valence-corrected chi connectivity index (χ3v) is 8.10. The van der Waals surface area contributed by atoms with Gasteiger partial charge < -0.3 is 9.94 Å². The summed E-state index contributed by atoms with van der Waals surface area (Å²) in [7, 11) is 0.